The molecule has 1 aliphatic rings. The maximum Gasteiger partial charge on any atom is 0.221 e. The molecule has 1 aliphatic heterocycles. The highest BCUT2D eigenvalue weighted by atomic mass is 16.4. The first kappa shape index (κ1) is 14.3. The fourth-order valence-corrected chi connectivity index (χ4v) is 2.34. The number of hydrogen-bond donors (Lipinski definition) is 0. The minimum atomic E-state index is 0.649. The lowest BCUT2D eigenvalue weighted by atomic mass is 10.2. The van der Waals surface area contributed by atoms with Gasteiger partial charge in [-0.25, -0.2) is 4.98 Å². The second kappa shape index (κ2) is 6.35. The predicted molar refractivity (Wildman–Crippen MR) is 77.8 cm³/mol. The highest BCUT2D eigenvalue weighted by Crippen LogP contribution is 2.16. The lowest BCUT2D eigenvalue weighted by molar-refractivity contribution is 0.0990. The first-order valence-electron chi connectivity index (χ1n) is 7.14. The fourth-order valence-electron chi connectivity index (χ4n) is 2.34. The van der Waals surface area contributed by atoms with Crippen molar-refractivity contribution >= 4 is 5.57 Å². The zero-order valence-electron chi connectivity index (χ0n) is 12.5. The number of piperazine rings is 1. The largest absolute Gasteiger partial charge is 0.440 e. The molecular weight excluding hydrogens is 238 g/mol. The van der Waals surface area contributed by atoms with Gasteiger partial charge in [0.15, 0.2) is 0 Å². The molecule has 4 heteroatoms. The fraction of sp³-hybridized carbons (Fsp3) is 0.667. The van der Waals surface area contributed by atoms with E-state index in [1.807, 2.05) is 26.1 Å². The quantitative estimate of drug-likeness (QED) is 0.836. The van der Waals surface area contributed by atoms with Crippen molar-refractivity contribution in [2.24, 2.45) is 0 Å². The Hall–Kier alpha value is -1.13. The third-order valence-electron chi connectivity index (χ3n) is 3.84. The third-order valence-corrected chi connectivity index (χ3v) is 3.84. The van der Waals surface area contributed by atoms with Crippen LogP contribution in [0.25, 0.3) is 5.57 Å². The molecule has 0 amide bonds. The molecule has 4 nitrogen and oxygen atoms in total. The van der Waals surface area contributed by atoms with Crippen molar-refractivity contribution in [2.75, 3.05) is 26.2 Å². The van der Waals surface area contributed by atoms with Gasteiger partial charge in [-0.05, 0) is 27.7 Å². The number of aromatic nitrogens is 1. The van der Waals surface area contributed by atoms with Gasteiger partial charge in [0.2, 0.25) is 5.89 Å². The van der Waals surface area contributed by atoms with E-state index in [1.165, 1.54) is 0 Å². The molecule has 0 aliphatic carbocycles. The maximum absolute atomic E-state index is 5.78. The molecule has 0 N–H and O–H groups in total. The van der Waals surface area contributed by atoms with Gasteiger partial charge in [-0.1, -0.05) is 6.08 Å². The minimum absolute atomic E-state index is 0.649. The molecule has 0 bridgehead atoms. The molecule has 2 heterocycles. The summed E-state index contributed by atoms with van der Waals surface area (Å²) in [6.07, 6.45) is 3.88. The molecule has 0 spiro atoms. The molecule has 1 aromatic heterocycles. The van der Waals surface area contributed by atoms with Gasteiger partial charge in [-0.15, -0.1) is 0 Å². The van der Waals surface area contributed by atoms with Crippen LogP contribution in [0.1, 0.15) is 39.3 Å². The number of allylic oxidation sites excluding steroid dienone is 2. The normalized spacial score (nSPS) is 19.3. The maximum atomic E-state index is 5.78. The zero-order valence-corrected chi connectivity index (χ0v) is 12.5. The summed E-state index contributed by atoms with van der Waals surface area (Å²) < 4.78 is 5.78. The summed E-state index contributed by atoms with van der Waals surface area (Å²) >= 11 is 0. The summed E-state index contributed by atoms with van der Waals surface area (Å²) in [5.74, 6) is 1.72. The van der Waals surface area contributed by atoms with Crippen LogP contribution in [0.3, 0.4) is 0 Å². The average Bonchev–Trinajstić information content (AvgIpc) is 2.87. The van der Waals surface area contributed by atoms with Crippen molar-refractivity contribution in [3.8, 4) is 0 Å². The van der Waals surface area contributed by atoms with Gasteiger partial charge in [0.1, 0.15) is 5.76 Å². The summed E-state index contributed by atoms with van der Waals surface area (Å²) in [5, 5.41) is 0. The number of hydrogen-bond acceptors (Lipinski definition) is 4. The van der Waals surface area contributed by atoms with Gasteiger partial charge in [-0.2, -0.15) is 0 Å². The molecule has 0 radical (unpaired) electrons. The van der Waals surface area contributed by atoms with E-state index in [9.17, 15) is 0 Å². The summed E-state index contributed by atoms with van der Waals surface area (Å²) in [5.41, 5.74) is 1.09. The SMILES string of the molecule is C/C=C(\C)c1ncc(CN2CCN(C(C)C)CC2)o1. The van der Waals surface area contributed by atoms with Crippen LogP contribution in [0.4, 0.5) is 0 Å². The van der Waals surface area contributed by atoms with Crippen LogP contribution in [-0.2, 0) is 6.54 Å². The lowest BCUT2D eigenvalue weighted by Crippen LogP contribution is -2.48. The summed E-state index contributed by atoms with van der Waals surface area (Å²) in [6.45, 7) is 13.9. The number of nitrogens with zero attached hydrogens (tertiary/aromatic N) is 3. The standard InChI is InChI=1S/C15H25N3O/c1-5-13(4)15-16-10-14(19-15)11-17-6-8-18(9-7-17)12(2)3/h5,10,12H,6-9,11H2,1-4H3/b13-5+. The number of rotatable bonds is 4. The predicted octanol–water partition coefficient (Wildman–Crippen LogP) is 2.62. The van der Waals surface area contributed by atoms with Crippen molar-refractivity contribution in [1.82, 2.24) is 14.8 Å². The molecule has 0 aromatic carbocycles. The van der Waals surface area contributed by atoms with Crippen molar-refractivity contribution in [1.29, 1.82) is 0 Å². The monoisotopic (exact) mass is 263 g/mol. The highest BCUT2D eigenvalue weighted by Gasteiger charge is 2.19. The summed E-state index contributed by atoms with van der Waals surface area (Å²) in [6, 6.07) is 0.649. The Morgan fingerprint density at radius 1 is 1.37 bits per heavy atom. The molecule has 19 heavy (non-hydrogen) atoms. The second-order valence-electron chi connectivity index (χ2n) is 5.51. The zero-order chi connectivity index (χ0) is 13.8. The van der Waals surface area contributed by atoms with Crippen molar-refractivity contribution in [3.63, 3.8) is 0 Å². The first-order valence-corrected chi connectivity index (χ1v) is 7.14. The Morgan fingerprint density at radius 3 is 2.63 bits per heavy atom. The van der Waals surface area contributed by atoms with E-state index >= 15 is 0 Å². The molecular formula is C15H25N3O. The van der Waals surface area contributed by atoms with Crippen LogP contribution >= 0.6 is 0 Å². The molecule has 0 saturated carbocycles. The van der Waals surface area contributed by atoms with Gasteiger partial charge in [-0.3, -0.25) is 9.80 Å². The van der Waals surface area contributed by atoms with Gasteiger partial charge in [0, 0.05) is 37.8 Å². The van der Waals surface area contributed by atoms with E-state index in [1.54, 1.807) is 0 Å². The Kier molecular flexibility index (Phi) is 4.77. The van der Waals surface area contributed by atoms with E-state index in [0.29, 0.717) is 6.04 Å². The Morgan fingerprint density at radius 2 is 2.05 bits per heavy atom. The molecule has 0 unspecified atom stereocenters. The van der Waals surface area contributed by atoms with Gasteiger partial charge >= 0.3 is 0 Å². The van der Waals surface area contributed by atoms with Crippen LogP contribution in [0.5, 0.6) is 0 Å². The van der Waals surface area contributed by atoms with Gasteiger partial charge in [0.25, 0.3) is 0 Å². The van der Waals surface area contributed by atoms with Gasteiger partial charge in [0.05, 0.1) is 12.7 Å². The van der Waals surface area contributed by atoms with E-state index in [2.05, 4.69) is 28.6 Å². The van der Waals surface area contributed by atoms with Crippen molar-refractivity contribution in [3.05, 3.63) is 23.9 Å². The molecule has 1 fully saturated rings. The lowest BCUT2D eigenvalue weighted by Gasteiger charge is -2.36. The Labute approximate surface area is 116 Å². The van der Waals surface area contributed by atoms with Crippen molar-refractivity contribution in [2.45, 2.75) is 40.3 Å². The molecule has 0 atom stereocenters. The van der Waals surface area contributed by atoms with Crippen LogP contribution in [0.15, 0.2) is 16.7 Å². The third kappa shape index (κ3) is 3.67. The van der Waals surface area contributed by atoms with Crippen LogP contribution in [-0.4, -0.2) is 47.0 Å². The van der Waals surface area contributed by atoms with Crippen LogP contribution < -0.4 is 0 Å². The average molecular weight is 263 g/mol. The molecule has 2 rings (SSSR count). The van der Waals surface area contributed by atoms with Gasteiger partial charge < -0.3 is 4.42 Å². The Bertz CT molecular complexity index is 428. The van der Waals surface area contributed by atoms with Crippen LogP contribution in [0, 0.1) is 0 Å². The Balaban J connectivity index is 1.87. The summed E-state index contributed by atoms with van der Waals surface area (Å²) in [4.78, 5) is 9.28. The topological polar surface area (TPSA) is 32.5 Å². The second-order valence-corrected chi connectivity index (χ2v) is 5.51. The molecule has 106 valence electrons. The number of oxazole rings is 1. The molecule has 1 saturated heterocycles. The summed E-state index contributed by atoms with van der Waals surface area (Å²) in [7, 11) is 0. The van der Waals surface area contributed by atoms with Crippen molar-refractivity contribution < 1.29 is 4.42 Å². The van der Waals surface area contributed by atoms with E-state index < -0.39 is 0 Å². The highest BCUT2D eigenvalue weighted by molar-refractivity contribution is 5.55. The van der Waals surface area contributed by atoms with Crippen LogP contribution in [0.2, 0.25) is 0 Å². The van der Waals surface area contributed by atoms with E-state index in [0.717, 1.165) is 49.9 Å². The van der Waals surface area contributed by atoms with E-state index in [-0.39, 0.29) is 0 Å². The first-order chi connectivity index (χ1) is 9.10. The minimum Gasteiger partial charge on any atom is -0.440 e. The molecule has 1 aromatic rings. The van der Waals surface area contributed by atoms with E-state index in [4.69, 9.17) is 4.42 Å². The smallest absolute Gasteiger partial charge is 0.221 e.